The van der Waals surface area contributed by atoms with Crippen molar-refractivity contribution in [2.24, 2.45) is 10.8 Å². The maximum Gasteiger partial charge on any atom is 0.282 e. The van der Waals surface area contributed by atoms with Gasteiger partial charge in [0.05, 0.1) is 0 Å². The molecular weight excluding hydrogens is 258 g/mol. The number of amides is 1. The molecular formula is C14H19N3OS. The van der Waals surface area contributed by atoms with Crippen molar-refractivity contribution in [3.05, 3.63) is 34.4 Å². The zero-order valence-corrected chi connectivity index (χ0v) is 12.1. The van der Waals surface area contributed by atoms with E-state index in [-0.39, 0.29) is 4.86 Å². The van der Waals surface area contributed by atoms with E-state index < -0.39 is 5.91 Å². The van der Waals surface area contributed by atoms with Crippen LogP contribution in [0.3, 0.4) is 0 Å². The van der Waals surface area contributed by atoms with Gasteiger partial charge in [0.15, 0.2) is 0 Å². The average molecular weight is 277 g/mol. The van der Waals surface area contributed by atoms with E-state index in [9.17, 15) is 4.79 Å². The molecule has 0 saturated heterocycles. The summed E-state index contributed by atoms with van der Waals surface area (Å²) in [4.78, 5) is 12.1. The van der Waals surface area contributed by atoms with E-state index >= 15 is 0 Å². The predicted molar refractivity (Wildman–Crippen MR) is 82.5 cm³/mol. The highest BCUT2D eigenvalue weighted by atomic mass is 32.1. The van der Waals surface area contributed by atoms with Crippen LogP contribution in [0, 0.1) is 0 Å². The molecule has 3 N–H and O–H groups in total. The Morgan fingerprint density at radius 3 is 2.26 bits per heavy atom. The molecule has 0 aliphatic heterocycles. The topological polar surface area (TPSA) is 67.5 Å². The standard InChI is InChI=1S/C14H19N3OS/c1-4-10-6-9(8-15)7-11(5-2)12(10)13(19)14(18)17-16-3/h6-7H,3-5,8,15H2,1-2H3,(H,17,18). The number of hydrogen-bond acceptors (Lipinski definition) is 4. The maximum atomic E-state index is 11.8. The van der Waals surface area contributed by atoms with Crippen LogP contribution in [0.2, 0.25) is 0 Å². The highest BCUT2D eigenvalue weighted by Crippen LogP contribution is 2.21. The summed E-state index contributed by atoms with van der Waals surface area (Å²) in [6.07, 6.45) is 1.59. The largest absolute Gasteiger partial charge is 0.326 e. The van der Waals surface area contributed by atoms with Gasteiger partial charge >= 0.3 is 0 Å². The number of carbonyl (C=O) groups is 1. The van der Waals surface area contributed by atoms with Gasteiger partial charge in [-0.15, -0.1) is 0 Å². The molecule has 0 saturated carbocycles. The van der Waals surface area contributed by atoms with Crippen molar-refractivity contribution in [3.63, 3.8) is 0 Å². The normalized spacial score (nSPS) is 10.1. The third-order valence-electron chi connectivity index (χ3n) is 2.97. The van der Waals surface area contributed by atoms with Gasteiger partial charge in [-0.3, -0.25) is 4.79 Å². The zero-order valence-electron chi connectivity index (χ0n) is 11.3. The second-order valence-corrected chi connectivity index (χ2v) is 4.54. The number of hydrogen-bond donors (Lipinski definition) is 2. The molecule has 0 aromatic heterocycles. The van der Waals surface area contributed by atoms with Crippen molar-refractivity contribution in [2.45, 2.75) is 33.2 Å². The number of rotatable bonds is 6. The monoisotopic (exact) mass is 277 g/mol. The van der Waals surface area contributed by atoms with E-state index in [1.54, 1.807) is 0 Å². The van der Waals surface area contributed by atoms with Gasteiger partial charge in [-0.1, -0.05) is 38.2 Å². The van der Waals surface area contributed by atoms with Crippen LogP contribution in [0.4, 0.5) is 0 Å². The quantitative estimate of drug-likeness (QED) is 0.360. The zero-order chi connectivity index (χ0) is 14.4. The van der Waals surface area contributed by atoms with Crippen LogP contribution >= 0.6 is 12.2 Å². The molecule has 0 aliphatic carbocycles. The van der Waals surface area contributed by atoms with E-state index in [0.29, 0.717) is 6.54 Å². The SMILES string of the molecule is C=NNC(=O)C(=S)c1c(CC)cc(CN)cc1CC. The number of hydrazone groups is 1. The number of carbonyl (C=O) groups excluding carboxylic acids is 1. The lowest BCUT2D eigenvalue weighted by Gasteiger charge is -2.15. The minimum atomic E-state index is -0.394. The maximum absolute atomic E-state index is 11.8. The highest BCUT2D eigenvalue weighted by Gasteiger charge is 2.18. The molecule has 0 radical (unpaired) electrons. The van der Waals surface area contributed by atoms with E-state index in [1.807, 2.05) is 26.0 Å². The molecule has 1 aromatic rings. The molecule has 0 atom stereocenters. The van der Waals surface area contributed by atoms with Crippen molar-refractivity contribution in [1.29, 1.82) is 0 Å². The first-order chi connectivity index (χ1) is 9.08. The van der Waals surface area contributed by atoms with Crippen molar-refractivity contribution < 1.29 is 4.79 Å². The van der Waals surface area contributed by atoms with E-state index in [2.05, 4.69) is 17.2 Å². The van der Waals surface area contributed by atoms with Crippen LogP contribution in [0.15, 0.2) is 17.2 Å². The fourth-order valence-electron chi connectivity index (χ4n) is 2.04. The number of aryl methyl sites for hydroxylation is 2. The van der Waals surface area contributed by atoms with Crippen LogP contribution in [0.5, 0.6) is 0 Å². The molecule has 0 aliphatic rings. The van der Waals surface area contributed by atoms with E-state index in [0.717, 1.165) is 35.1 Å². The Morgan fingerprint density at radius 1 is 1.37 bits per heavy atom. The summed E-state index contributed by atoms with van der Waals surface area (Å²) >= 11 is 5.26. The molecule has 5 heteroatoms. The summed E-state index contributed by atoms with van der Waals surface area (Å²) in [7, 11) is 0. The van der Waals surface area contributed by atoms with Gasteiger partial charge in [0.25, 0.3) is 5.91 Å². The molecule has 1 rings (SSSR count). The smallest absolute Gasteiger partial charge is 0.282 e. The average Bonchev–Trinajstić information content (AvgIpc) is 2.44. The summed E-state index contributed by atoms with van der Waals surface area (Å²) in [6, 6.07) is 4.02. The van der Waals surface area contributed by atoms with Crippen molar-refractivity contribution in [2.75, 3.05) is 0 Å². The Hall–Kier alpha value is -1.59. The third-order valence-corrected chi connectivity index (χ3v) is 3.36. The van der Waals surface area contributed by atoms with Gasteiger partial charge in [-0.25, -0.2) is 5.43 Å². The van der Waals surface area contributed by atoms with Crippen LogP contribution in [0.1, 0.15) is 36.1 Å². The Labute approximate surface area is 119 Å². The van der Waals surface area contributed by atoms with Gasteiger partial charge in [0, 0.05) is 18.8 Å². The summed E-state index contributed by atoms with van der Waals surface area (Å²) in [6.45, 7) is 7.78. The van der Waals surface area contributed by atoms with Gasteiger partial charge < -0.3 is 5.73 Å². The van der Waals surface area contributed by atoms with E-state index in [1.165, 1.54) is 0 Å². The summed E-state index contributed by atoms with van der Waals surface area (Å²) in [5.41, 5.74) is 12.0. The van der Waals surface area contributed by atoms with E-state index in [4.69, 9.17) is 18.0 Å². The number of nitrogens with two attached hydrogens (primary N) is 1. The van der Waals surface area contributed by atoms with Crippen LogP contribution in [-0.4, -0.2) is 17.5 Å². The molecule has 1 amide bonds. The third kappa shape index (κ3) is 3.45. The minimum Gasteiger partial charge on any atom is -0.326 e. The molecule has 0 heterocycles. The van der Waals surface area contributed by atoms with Gasteiger partial charge in [0.1, 0.15) is 4.86 Å². The van der Waals surface area contributed by atoms with Crippen molar-refractivity contribution in [1.82, 2.24) is 5.43 Å². The molecule has 0 unspecified atom stereocenters. The molecule has 4 nitrogen and oxygen atoms in total. The Kier molecular flexibility index (Phi) is 5.79. The van der Waals surface area contributed by atoms with Crippen molar-refractivity contribution >= 4 is 29.7 Å². The van der Waals surface area contributed by atoms with Gasteiger partial charge in [-0.05, 0) is 29.5 Å². The molecule has 0 bridgehead atoms. The Bertz CT molecular complexity index is 486. The first-order valence-corrected chi connectivity index (χ1v) is 6.64. The molecule has 0 spiro atoms. The predicted octanol–water partition coefficient (Wildman–Crippen LogP) is 1.72. The summed E-state index contributed by atoms with van der Waals surface area (Å²) in [5, 5.41) is 3.37. The molecule has 19 heavy (non-hydrogen) atoms. The second kappa shape index (κ2) is 7.11. The van der Waals surface area contributed by atoms with Crippen LogP contribution in [0.25, 0.3) is 0 Å². The minimum absolute atomic E-state index is 0.254. The molecule has 0 fully saturated rings. The van der Waals surface area contributed by atoms with Gasteiger partial charge in [0.2, 0.25) is 0 Å². The first-order valence-electron chi connectivity index (χ1n) is 6.24. The summed E-state index contributed by atoms with van der Waals surface area (Å²) in [5.74, 6) is -0.394. The second-order valence-electron chi connectivity index (χ2n) is 4.13. The van der Waals surface area contributed by atoms with Crippen LogP contribution < -0.4 is 11.2 Å². The molecule has 102 valence electrons. The summed E-state index contributed by atoms with van der Waals surface area (Å²) < 4.78 is 0. The fourth-order valence-corrected chi connectivity index (χ4v) is 2.35. The first kappa shape index (κ1) is 15.5. The lowest BCUT2D eigenvalue weighted by Crippen LogP contribution is -2.27. The highest BCUT2D eigenvalue weighted by molar-refractivity contribution is 7.82. The van der Waals surface area contributed by atoms with Crippen molar-refractivity contribution in [3.8, 4) is 0 Å². The number of thiocarbonyl (C=S) groups is 1. The Balaban J connectivity index is 3.35. The Morgan fingerprint density at radius 2 is 1.89 bits per heavy atom. The molecule has 1 aromatic carbocycles. The van der Waals surface area contributed by atoms with Crippen LogP contribution in [-0.2, 0) is 24.2 Å². The fraction of sp³-hybridized carbons (Fsp3) is 0.357. The lowest BCUT2D eigenvalue weighted by atomic mass is 9.92. The number of nitrogens with one attached hydrogen (secondary N) is 1. The van der Waals surface area contributed by atoms with Gasteiger partial charge in [-0.2, -0.15) is 5.10 Å². The number of benzene rings is 1. The lowest BCUT2D eigenvalue weighted by molar-refractivity contribution is -0.114. The number of nitrogens with zero attached hydrogens (tertiary/aromatic N) is 1.